The second kappa shape index (κ2) is 3.58. The molecule has 1 rings (SSSR count). The molecule has 0 aromatic heterocycles. The summed E-state index contributed by atoms with van der Waals surface area (Å²) in [4.78, 5) is 0. The molecule has 0 heterocycles. The topological polar surface area (TPSA) is 26.0 Å². The van der Waals surface area contributed by atoms with Crippen LogP contribution in [0.5, 0.6) is 0 Å². The molecule has 0 aliphatic carbocycles. The molecular formula is C8H8F3N. The van der Waals surface area contributed by atoms with Crippen molar-refractivity contribution in [1.29, 1.82) is 0 Å². The molecule has 66 valence electrons. The van der Waals surface area contributed by atoms with Gasteiger partial charge >= 0.3 is 0 Å². The van der Waals surface area contributed by atoms with Gasteiger partial charge in [0.2, 0.25) is 0 Å². The van der Waals surface area contributed by atoms with Gasteiger partial charge in [-0.1, -0.05) is 12.1 Å². The summed E-state index contributed by atoms with van der Waals surface area (Å²) in [5.41, 5.74) is 4.64. The van der Waals surface area contributed by atoms with E-state index in [1.165, 1.54) is 12.1 Å². The molecule has 1 aromatic rings. The summed E-state index contributed by atoms with van der Waals surface area (Å²) in [7, 11) is 0. The van der Waals surface area contributed by atoms with Gasteiger partial charge in [0.25, 0.3) is 0 Å². The Labute approximate surface area is 68.0 Å². The van der Waals surface area contributed by atoms with E-state index in [9.17, 15) is 13.2 Å². The van der Waals surface area contributed by atoms with Crippen molar-refractivity contribution in [2.24, 2.45) is 5.73 Å². The molecule has 12 heavy (non-hydrogen) atoms. The summed E-state index contributed by atoms with van der Waals surface area (Å²) in [6.07, 6.45) is -1.64. The van der Waals surface area contributed by atoms with E-state index in [4.69, 9.17) is 5.73 Å². The van der Waals surface area contributed by atoms with Gasteiger partial charge in [0.15, 0.2) is 11.6 Å². The first-order valence-electron chi connectivity index (χ1n) is 3.45. The molecule has 2 N–H and O–H groups in total. The molecule has 0 radical (unpaired) electrons. The number of hydrogen-bond acceptors (Lipinski definition) is 1. The van der Waals surface area contributed by atoms with E-state index < -0.39 is 17.8 Å². The van der Waals surface area contributed by atoms with Gasteiger partial charge in [-0.3, -0.25) is 0 Å². The van der Waals surface area contributed by atoms with Gasteiger partial charge < -0.3 is 5.73 Å². The number of benzene rings is 1. The van der Waals surface area contributed by atoms with Crippen molar-refractivity contribution < 1.29 is 13.2 Å². The lowest BCUT2D eigenvalue weighted by molar-refractivity contribution is 0.335. The summed E-state index contributed by atoms with van der Waals surface area (Å²) in [5, 5.41) is 0. The average molecular weight is 175 g/mol. The van der Waals surface area contributed by atoms with Crippen LogP contribution in [0.15, 0.2) is 18.2 Å². The van der Waals surface area contributed by atoms with Gasteiger partial charge in [-0.2, -0.15) is 0 Å². The van der Waals surface area contributed by atoms with E-state index >= 15 is 0 Å². The highest BCUT2D eigenvalue weighted by atomic mass is 19.2. The zero-order chi connectivity index (χ0) is 9.14. The first kappa shape index (κ1) is 9.06. The fourth-order valence-corrected chi connectivity index (χ4v) is 0.889. The van der Waals surface area contributed by atoms with Crippen molar-refractivity contribution >= 4 is 0 Å². The summed E-state index contributed by atoms with van der Waals surface area (Å²) in [6.45, 7) is -0.347. The fourth-order valence-electron chi connectivity index (χ4n) is 0.889. The molecule has 0 fully saturated rings. The monoisotopic (exact) mass is 175 g/mol. The first-order valence-corrected chi connectivity index (χ1v) is 3.45. The molecule has 0 aliphatic rings. The molecule has 1 nitrogen and oxygen atoms in total. The molecule has 4 heteroatoms. The maximum absolute atomic E-state index is 12.8. The SMILES string of the molecule is NCC(F)c1cccc(F)c1F. The zero-order valence-corrected chi connectivity index (χ0v) is 6.23. The van der Waals surface area contributed by atoms with E-state index in [1.54, 1.807) is 0 Å². The quantitative estimate of drug-likeness (QED) is 0.730. The van der Waals surface area contributed by atoms with Crippen molar-refractivity contribution in [2.75, 3.05) is 6.54 Å². The van der Waals surface area contributed by atoms with Crippen LogP contribution >= 0.6 is 0 Å². The van der Waals surface area contributed by atoms with Crippen molar-refractivity contribution in [3.05, 3.63) is 35.4 Å². The van der Waals surface area contributed by atoms with Gasteiger partial charge in [0.1, 0.15) is 6.17 Å². The Kier molecular flexibility index (Phi) is 2.70. The van der Waals surface area contributed by atoms with Crippen LogP contribution < -0.4 is 5.73 Å². The average Bonchev–Trinajstić information content (AvgIpc) is 2.08. The van der Waals surface area contributed by atoms with Crippen LogP contribution in [0, 0.1) is 11.6 Å². The highest BCUT2D eigenvalue weighted by molar-refractivity contribution is 5.21. The van der Waals surface area contributed by atoms with E-state index in [0.29, 0.717) is 0 Å². The van der Waals surface area contributed by atoms with Crippen LogP contribution in [0.2, 0.25) is 0 Å². The van der Waals surface area contributed by atoms with Crippen molar-refractivity contribution in [3.8, 4) is 0 Å². The lowest BCUT2D eigenvalue weighted by Gasteiger charge is -2.06. The molecule has 0 bridgehead atoms. The highest BCUT2D eigenvalue weighted by Crippen LogP contribution is 2.20. The Balaban J connectivity index is 3.07. The van der Waals surface area contributed by atoms with Crippen molar-refractivity contribution in [1.82, 2.24) is 0 Å². The smallest absolute Gasteiger partial charge is 0.164 e. The number of rotatable bonds is 2. The van der Waals surface area contributed by atoms with Crippen LogP contribution in [-0.4, -0.2) is 6.54 Å². The Morgan fingerprint density at radius 1 is 1.33 bits per heavy atom. The first-order chi connectivity index (χ1) is 5.66. The predicted molar refractivity (Wildman–Crippen MR) is 39.3 cm³/mol. The third-order valence-corrected chi connectivity index (χ3v) is 1.53. The highest BCUT2D eigenvalue weighted by Gasteiger charge is 2.15. The molecule has 1 aromatic carbocycles. The largest absolute Gasteiger partial charge is 0.327 e. The van der Waals surface area contributed by atoms with Crippen LogP contribution in [0.4, 0.5) is 13.2 Å². The lowest BCUT2D eigenvalue weighted by Crippen LogP contribution is -2.09. The number of halogens is 3. The minimum Gasteiger partial charge on any atom is -0.327 e. The Morgan fingerprint density at radius 3 is 2.58 bits per heavy atom. The second-order valence-electron chi connectivity index (χ2n) is 2.35. The molecule has 0 aliphatic heterocycles. The summed E-state index contributed by atoms with van der Waals surface area (Å²) in [5.74, 6) is -2.21. The van der Waals surface area contributed by atoms with Gasteiger partial charge in [-0.25, -0.2) is 13.2 Å². The third-order valence-electron chi connectivity index (χ3n) is 1.53. The standard InChI is InChI=1S/C8H8F3N/c9-6-3-1-2-5(8(6)11)7(10)4-12/h1-3,7H,4,12H2. The summed E-state index contributed by atoms with van der Waals surface area (Å²) < 4.78 is 38.0. The van der Waals surface area contributed by atoms with E-state index in [-0.39, 0.29) is 12.1 Å². The van der Waals surface area contributed by atoms with E-state index in [1.807, 2.05) is 0 Å². The zero-order valence-electron chi connectivity index (χ0n) is 6.23. The lowest BCUT2D eigenvalue weighted by atomic mass is 10.1. The Bertz CT molecular complexity index is 275. The molecule has 0 spiro atoms. The van der Waals surface area contributed by atoms with Crippen molar-refractivity contribution in [3.63, 3.8) is 0 Å². The normalized spacial score (nSPS) is 13.0. The summed E-state index contributed by atoms with van der Waals surface area (Å²) in [6, 6.07) is 3.36. The van der Waals surface area contributed by atoms with Crippen molar-refractivity contribution in [2.45, 2.75) is 6.17 Å². The van der Waals surface area contributed by atoms with Gasteiger partial charge in [0, 0.05) is 12.1 Å². The molecule has 0 amide bonds. The molecule has 0 saturated carbocycles. The predicted octanol–water partition coefficient (Wildman–Crippen LogP) is 1.93. The maximum Gasteiger partial charge on any atom is 0.164 e. The molecule has 1 unspecified atom stereocenters. The van der Waals surface area contributed by atoms with Gasteiger partial charge in [-0.15, -0.1) is 0 Å². The van der Waals surface area contributed by atoms with Crippen LogP contribution in [0.1, 0.15) is 11.7 Å². The number of alkyl halides is 1. The Hall–Kier alpha value is -1.03. The third kappa shape index (κ3) is 1.58. The second-order valence-corrected chi connectivity index (χ2v) is 2.35. The fraction of sp³-hybridized carbons (Fsp3) is 0.250. The molecule has 0 saturated heterocycles. The molecular weight excluding hydrogens is 167 g/mol. The van der Waals surface area contributed by atoms with Crippen LogP contribution in [0.25, 0.3) is 0 Å². The molecule has 1 atom stereocenters. The van der Waals surface area contributed by atoms with Gasteiger partial charge in [0.05, 0.1) is 0 Å². The van der Waals surface area contributed by atoms with Gasteiger partial charge in [-0.05, 0) is 6.07 Å². The maximum atomic E-state index is 12.8. The Morgan fingerprint density at radius 2 is 2.00 bits per heavy atom. The van der Waals surface area contributed by atoms with E-state index in [0.717, 1.165) is 6.07 Å². The summed E-state index contributed by atoms with van der Waals surface area (Å²) >= 11 is 0. The van der Waals surface area contributed by atoms with E-state index in [2.05, 4.69) is 0 Å². The number of nitrogens with two attached hydrogens (primary N) is 1. The minimum absolute atomic E-state index is 0.322. The van der Waals surface area contributed by atoms with Crippen LogP contribution in [0.3, 0.4) is 0 Å². The number of hydrogen-bond donors (Lipinski definition) is 1. The van der Waals surface area contributed by atoms with Crippen LogP contribution in [-0.2, 0) is 0 Å². The minimum atomic E-state index is -1.64.